The Morgan fingerprint density at radius 2 is 1.20 bits per heavy atom. The third kappa shape index (κ3) is 159. The van der Waals surface area contributed by atoms with Gasteiger partial charge in [-0.15, -0.1) is 0 Å². The van der Waals surface area contributed by atoms with E-state index in [0.717, 1.165) is 0 Å². The van der Waals surface area contributed by atoms with Crippen LogP contribution in [0.2, 0.25) is 0 Å². The van der Waals surface area contributed by atoms with Crippen LogP contribution in [-0.2, 0) is 29.0 Å². The van der Waals surface area contributed by atoms with Crippen molar-refractivity contribution in [3.8, 4) is 0 Å². The summed E-state index contributed by atoms with van der Waals surface area (Å²) in [6.45, 7) is 0. The van der Waals surface area contributed by atoms with Crippen LogP contribution in [0.4, 0.5) is 0 Å². The van der Waals surface area contributed by atoms with Gasteiger partial charge in [0.05, 0.1) is 0 Å². The van der Waals surface area contributed by atoms with Gasteiger partial charge in [0.1, 0.15) is 0 Å². The molecule has 7 nitrogen and oxygen atoms in total. The Bertz CT molecular complexity index is 148. The Morgan fingerprint density at radius 1 is 1.20 bits per heavy atom. The Labute approximate surface area is 121 Å². The molecule has 0 fully saturated rings. The zero-order valence-corrected chi connectivity index (χ0v) is 14.9. The second kappa shape index (κ2) is 9.50. The number of hydrogen-bond acceptors (Lipinski definition) is 4. The van der Waals surface area contributed by atoms with Gasteiger partial charge in [-0.2, -0.15) is 0 Å². The molecule has 57 valence electrons. The summed E-state index contributed by atoms with van der Waals surface area (Å²) in [6.07, 6.45) is 0. The van der Waals surface area contributed by atoms with E-state index in [0.29, 0.717) is 0 Å². The Balaban J connectivity index is -0.0000000910. The summed E-state index contributed by atoms with van der Waals surface area (Å²) in [6, 6.07) is 0. The molecule has 0 aliphatic carbocycles. The molecule has 0 aromatic heterocycles. The fraction of sp³-hybridized carbons (Fsp3) is 0. The van der Waals surface area contributed by atoms with Gasteiger partial charge >= 0.3 is 105 Å². The SMILES string of the molecule is O=P(O)(O)O.[Cs+].[O]=[W](=[O])[O-]. The third-order valence-corrected chi connectivity index (χ3v) is 0. The molecule has 0 aliphatic heterocycles. The Morgan fingerprint density at radius 3 is 1.20 bits per heavy atom. The summed E-state index contributed by atoms with van der Waals surface area (Å²) in [5, 5.41) is 0. The van der Waals surface area contributed by atoms with Gasteiger partial charge in [0.2, 0.25) is 0 Å². The first-order valence-corrected chi connectivity index (χ1v) is 6.44. The molecule has 0 bridgehead atoms. The minimum atomic E-state index is -4.64. The van der Waals surface area contributed by atoms with E-state index in [1.165, 1.54) is 0 Å². The first kappa shape index (κ1) is 18.2. The Hall–Kier alpha value is 2.41. The summed E-state index contributed by atoms with van der Waals surface area (Å²) in [7, 11) is -4.64. The molecule has 3 N–H and O–H groups in total. The molecular weight excluding hydrogens is 460 g/mol. The number of rotatable bonds is 0. The molecule has 0 saturated carbocycles. The fourth-order valence-electron chi connectivity index (χ4n) is 0. The van der Waals surface area contributed by atoms with Gasteiger partial charge in [-0.25, -0.2) is 4.57 Å². The van der Waals surface area contributed by atoms with Gasteiger partial charge in [0.25, 0.3) is 0 Å². The number of hydrogen-bond donors (Lipinski definition) is 3. The first-order valence-electron chi connectivity index (χ1n) is 1.28. The van der Waals surface area contributed by atoms with E-state index >= 15 is 0 Å². The molecule has 0 aliphatic rings. The van der Waals surface area contributed by atoms with Crippen molar-refractivity contribution < 1.29 is 116 Å². The summed E-state index contributed by atoms with van der Waals surface area (Å²) in [4.78, 5) is 21.6. The summed E-state index contributed by atoms with van der Waals surface area (Å²) >= 11 is -4.28. The molecule has 0 amide bonds. The summed E-state index contributed by atoms with van der Waals surface area (Å²) in [5.41, 5.74) is 0. The molecule has 0 spiro atoms. The molecule has 0 unspecified atom stereocenters. The second-order valence-electron chi connectivity index (χ2n) is 0.717. The maximum atomic E-state index is 8.88. The topological polar surface area (TPSA) is 135 Å². The number of phosphoric acid groups is 1. The zero-order valence-electron chi connectivity index (χ0n) is 4.83. The van der Waals surface area contributed by atoms with Gasteiger partial charge in [0.15, 0.2) is 0 Å². The van der Waals surface area contributed by atoms with E-state index in [2.05, 4.69) is 0 Å². The minimum absolute atomic E-state index is 0. The fourth-order valence-corrected chi connectivity index (χ4v) is 0. The van der Waals surface area contributed by atoms with Crippen LogP contribution < -0.4 is 72.7 Å². The molecule has 0 saturated heterocycles. The van der Waals surface area contributed by atoms with E-state index in [1.54, 1.807) is 0 Å². The van der Waals surface area contributed by atoms with Crippen LogP contribution in [-0.4, -0.2) is 14.7 Å². The third-order valence-electron chi connectivity index (χ3n) is 0. The standard InChI is InChI=1S/Cs.H3O4P.3O.W/c;1-5(2,3)4;;;;/h;(H3,1,2,3,4);;;;/q+1;;;;-1;. The molecule has 0 rings (SSSR count). The molecule has 0 atom stereocenters. The van der Waals surface area contributed by atoms with Crippen LogP contribution in [0.1, 0.15) is 0 Å². The normalized spacial score (nSPS) is 8.40. The van der Waals surface area contributed by atoms with Crippen LogP contribution in [0.25, 0.3) is 0 Å². The van der Waals surface area contributed by atoms with Crippen molar-refractivity contribution in [2.75, 3.05) is 0 Å². The van der Waals surface area contributed by atoms with Crippen LogP contribution in [0.3, 0.4) is 0 Å². The van der Waals surface area contributed by atoms with Gasteiger partial charge in [0, 0.05) is 0 Å². The van der Waals surface area contributed by atoms with Crippen molar-refractivity contribution in [3.05, 3.63) is 0 Å². The van der Waals surface area contributed by atoms with Crippen molar-refractivity contribution in [1.29, 1.82) is 0 Å². The van der Waals surface area contributed by atoms with E-state index < -0.39 is 25.4 Å². The van der Waals surface area contributed by atoms with Gasteiger partial charge < -0.3 is 14.7 Å². The van der Waals surface area contributed by atoms with Crippen LogP contribution >= 0.6 is 7.82 Å². The van der Waals surface area contributed by atoms with Crippen molar-refractivity contribution in [1.82, 2.24) is 0 Å². The zero-order chi connectivity index (χ0) is 8.08. The van der Waals surface area contributed by atoms with E-state index in [9.17, 15) is 0 Å². The van der Waals surface area contributed by atoms with Crippen molar-refractivity contribution in [2.24, 2.45) is 0 Å². The second-order valence-corrected chi connectivity index (χ2v) is 3.21. The average Bonchev–Trinajstić information content (AvgIpc) is 1.19. The van der Waals surface area contributed by atoms with Crippen LogP contribution in [0, 0.1) is 0 Å². The first-order chi connectivity index (χ1) is 3.73. The van der Waals surface area contributed by atoms with Gasteiger partial charge in [-0.05, 0) is 0 Å². The van der Waals surface area contributed by atoms with Crippen LogP contribution in [0.5, 0.6) is 0 Å². The van der Waals surface area contributed by atoms with Crippen molar-refractivity contribution >= 4 is 7.82 Å². The summed E-state index contributed by atoms with van der Waals surface area (Å²) in [5.74, 6) is 0. The average molecular weight is 463 g/mol. The predicted molar refractivity (Wildman–Crippen MR) is 15.6 cm³/mol. The van der Waals surface area contributed by atoms with E-state index in [1.807, 2.05) is 0 Å². The Kier molecular flexibility index (Phi) is 17.3. The van der Waals surface area contributed by atoms with Gasteiger partial charge in [-0.1, -0.05) is 0 Å². The quantitative estimate of drug-likeness (QED) is 0.306. The van der Waals surface area contributed by atoms with Crippen molar-refractivity contribution in [3.63, 3.8) is 0 Å². The maximum absolute atomic E-state index is 8.88. The van der Waals surface area contributed by atoms with Gasteiger partial charge in [-0.3, -0.25) is 0 Å². The molecule has 0 aromatic carbocycles. The van der Waals surface area contributed by atoms with Crippen LogP contribution in [0.15, 0.2) is 0 Å². The summed E-state index contributed by atoms with van der Waals surface area (Å²) < 4.78 is 34.7. The van der Waals surface area contributed by atoms with Crippen molar-refractivity contribution in [2.45, 2.75) is 0 Å². The molecule has 0 heterocycles. The molecule has 10 heteroatoms. The van der Waals surface area contributed by atoms with E-state index in [4.69, 9.17) is 29.8 Å². The molecule has 10 heavy (non-hydrogen) atoms. The monoisotopic (exact) mass is 463 g/mol. The molecule has 0 radical (unpaired) electrons. The van der Waals surface area contributed by atoms with E-state index in [-0.39, 0.29) is 68.9 Å². The molecule has 0 aromatic rings. The molecular formula is H3CsO7PW. The predicted octanol–water partition coefficient (Wildman–Crippen LogP) is -5.35.